The number of carbonyl (C=O) groups excluding carboxylic acids is 2. The van der Waals surface area contributed by atoms with Crippen molar-refractivity contribution in [1.29, 1.82) is 0 Å². The van der Waals surface area contributed by atoms with Crippen molar-refractivity contribution in [3.8, 4) is 5.75 Å². The number of carbonyl (C=O) groups is 2. The van der Waals surface area contributed by atoms with E-state index in [1.54, 1.807) is 29.6 Å². The van der Waals surface area contributed by atoms with Crippen LogP contribution in [0, 0.1) is 13.8 Å². The number of aliphatic hydroxyl groups excluding tert-OH is 1. The van der Waals surface area contributed by atoms with Crippen LogP contribution in [0.4, 0.5) is 5.13 Å². The fourth-order valence-electron chi connectivity index (χ4n) is 3.36. The number of thiophene rings is 1. The molecule has 1 aliphatic rings. The maximum absolute atomic E-state index is 13.2. The minimum atomic E-state index is -0.771. The van der Waals surface area contributed by atoms with Crippen molar-refractivity contribution in [1.82, 2.24) is 4.98 Å². The highest BCUT2D eigenvalue weighted by Crippen LogP contribution is 2.44. The topological polar surface area (TPSA) is 79.7 Å². The molecule has 0 saturated carbocycles. The number of ketones is 1. The van der Waals surface area contributed by atoms with Gasteiger partial charge in [-0.15, -0.1) is 22.7 Å². The molecule has 3 aromatic rings. The van der Waals surface area contributed by atoms with E-state index in [2.05, 4.69) is 4.98 Å². The molecule has 0 spiro atoms. The fraction of sp³-hybridized carbons (Fsp3) is 0.227. The highest BCUT2D eigenvalue weighted by Gasteiger charge is 2.46. The number of hydrogen-bond donors (Lipinski definition) is 1. The second-order valence-corrected chi connectivity index (χ2v) is 8.92. The minimum absolute atomic E-state index is 0.0668. The smallest absolute Gasteiger partial charge is 0.296 e. The SMILES string of the molecule is CCOc1ccc([C@@H]2C(C(=O)c3cccs3)=C(O)C(=O)N2c2nc(C)c(C)s2)cc1. The van der Waals surface area contributed by atoms with Gasteiger partial charge in [0.1, 0.15) is 5.75 Å². The molecule has 1 amide bonds. The van der Waals surface area contributed by atoms with Gasteiger partial charge < -0.3 is 9.84 Å². The molecule has 30 heavy (non-hydrogen) atoms. The first kappa shape index (κ1) is 20.3. The van der Waals surface area contributed by atoms with Gasteiger partial charge in [0.05, 0.1) is 28.8 Å². The Morgan fingerprint density at radius 3 is 2.53 bits per heavy atom. The zero-order valence-corrected chi connectivity index (χ0v) is 18.3. The van der Waals surface area contributed by atoms with E-state index in [1.165, 1.54) is 27.6 Å². The van der Waals surface area contributed by atoms with Crippen LogP contribution in [0.2, 0.25) is 0 Å². The largest absolute Gasteiger partial charge is 0.503 e. The fourth-order valence-corrected chi connectivity index (χ4v) is 4.98. The van der Waals surface area contributed by atoms with E-state index in [1.807, 2.05) is 32.9 Å². The molecule has 8 heteroatoms. The number of nitrogens with zero attached hydrogens (tertiary/aromatic N) is 2. The van der Waals surface area contributed by atoms with Gasteiger partial charge in [0, 0.05) is 4.88 Å². The molecule has 6 nitrogen and oxygen atoms in total. The number of Topliss-reactive ketones (excluding diaryl/α,β-unsaturated/α-hetero) is 1. The number of hydrogen-bond acceptors (Lipinski definition) is 7. The standard InChI is InChI=1S/C22H20N2O4S2/c1-4-28-15-9-7-14(8-10-15)18-17(19(25)16-6-5-11-29-16)20(26)21(27)24(18)22-23-12(2)13(3)30-22/h5-11,18,26H,4H2,1-3H3/t18-/m1/s1. The highest BCUT2D eigenvalue weighted by molar-refractivity contribution is 7.16. The Hall–Kier alpha value is -2.97. The molecule has 0 saturated heterocycles. The molecule has 154 valence electrons. The first-order valence-corrected chi connectivity index (χ1v) is 11.1. The van der Waals surface area contributed by atoms with Crippen LogP contribution < -0.4 is 9.64 Å². The van der Waals surface area contributed by atoms with E-state index >= 15 is 0 Å². The summed E-state index contributed by atoms with van der Waals surface area (Å²) in [7, 11) is 0. The molecule has 0 fully saturated rings. The average Bonchev–Trinajstić information content (AvgIpc) is 3.43. The molecule has 1 atom stereocenters. The molecule has 1 aromatic carbocycles. The van der Waals surface area contributed by atoms with Crippen LogP contribution in [0.1, 0.15) is 38.8 Å². The Balaban J connectivity index is 1.84. The van der Waals surface area contributed by atoms with Crippen molar-refractivity contribution in [2.45, 2.75) is 26.8 Å². The molecule has 0 aliphatic carbocycles. The number of aryl methyl sites for hydroxylation is 2. The van der Waals surface area contributed by atoms with E-state index in [0.717, 1.165) is 10.6 Å². The first-order valence-electron chi connectivity index (χ1n) is 9.44. The van der Waals surface area contributed by atoms with E-state index < -0.39 is 17.7 Å². The Morgan fingerprint density at radius 1 is 1.23 bits per heavy atom. The third-order valence-electron chi connectivity index (χ3n) is 4.93. The van der Waals surface area contributed by atoms with Gasteiger partial charge in [-0.2, -0.15) is 0 Å². The molecule has 1 aliphatic heterocycles. The lowest BCUT2D eigenvalue weighted by Gasteiger charge is -2.24. The zero-order valence-electron chi connectivity index (χ0n) is 16.7. The molecule has 1 N–H and O–H groups in total. The lowest BCUT2D eigenvalue weighted by molar-refractivity contribution is -0.117. The number of anilines is 1. The summed E-state index contributed by atoms with van der Waals surface area (Å²) in [5.74, 6) is -0.819. The maximum Gasteiger partial charge on any atom is 0.296 e. The second kappa shape index (κ2) is 8.04. The Labute approximate surface area is 182 Å². The summed E-state index contributed by atoms with van der Waals surface area (Å²) >= 11 is 2.63. The summed E-state index contributed by atoms with van der Waals surface area (Å²) in [5.41, 5.74) is 1.57. The van der Waals surface area contributed by atoms with Gasteiger partial charge in [0.15, 0.2) is 10.9 Å². The molecule has 0 unspecified atom stereocenters. The number of rotatable bonds is 6. The number of amides is 1. The molecule has 0 bridgehead atoms. The van der Waals surface area contributed by atoms with Gasteiger partial charge in [-0.05, 0) is 49.9 Å². The van der Waals surface area contributed by atoms with Crippen molar-refractivity contribution >= 4 is 39.5 Å². The van der Waals surface area contributed by atoms with Crippen LogP contribution >= 0.6 is 22.7 Å². The summed E-state index contributed by atoms with van der Waals surface area (Å²) in [6.45, 7) is 6.23. The van der Waals surface area contributed by atoms with Crippen molar-refractivity contribution < 1.29 is 19.4 Å². The van der Waals surface area contributed by atoms with Crippen molar-refractivity contribution in [2.24, 2.45) is 0 Å². The summed E-state index contributed by atoms with van der Waals surface area (Å²) in [4.78, 5) is 33.7. The predicted molar refractivity (Wildman–Crippen MR) is 118 cm³/mol. The summed E-state index contributed by atoms with van der Waals surface area (Å²) in [6, 6.07) is 9.89. The predicted octanol–water partition coefficient (Wildman–Crippen LogP) is 5.00. The molecule has 2 aromatic heterocycles. The lowest BCUT2D eigenvalue weighted by atomic mass is 9.95. The molecule has 0 radical (unpaired) electrons. The third-order valence-corrected chi connectivity index (χ3v) is 6.87. The third kappa shape index (κ3) is 3.42. The van der Waals surface area contributed by atoms with Crippen molar-refractivity contribution in [2.75, 3.05) is 11.5 Å². The Bertz CT molecular complexity index is 1110. The number of thiazole rings is 1. The maximum atomic E-state index is 13.2. The quantitative estimate of drug-likeness (QED) is 0.546. The van der Waals surface area contributed by atoms with Crippen LogP contribution in [0.25, 0.3) is 0 Å². The van der Waals surface area contributed by atoms with Gasteiger partial charge in [-0.3, -0.25) is 14.5 Å². The summed E-state index contributed by atoms with van der Waals surface area (Å²) in [5, 5.41) is 13.0. The molecular weight excluding hydrogens is 420 g/mol. The molecular formula is C22H20N2O4S2. The van der Waals surface area contributed by atoms with Crippen LogP contribution in [0.5, 0.6) is 5.75 Å². The van der Waals surface area contributed by atoms with E-state index in [4.69, 9.17) is 4.74 Å². The lowest BCUT2D eigenvalue weighted by Crippen LogP contribution is -2.31. The monoisotopic (exact) mass is 440 g/mol. The second-order valence-electron chi connectivity index (χ2n) is 6.79. The van der Waals surface area contributed by atoms with Crippen molar-refractivity contribution in [3.05, 3.63) is 74.1 Å². The van der Waals surface area contributed by atoms with Gasteiger partial charge in [-0.25, -0.2) is 4.98 Å². The highest BCUT2D eigenvalue weighted by atomic mass is 32.1. The normalized spacial score (nSPS) is 16.4. The zero-order chi connectivity index (χ0) is 21.4. The number of benzene rings is 1. The minimum Gasteiger partial charge on any atom is -0.503 e. The summed E-state index contributed by atoms with van der Waals surface area (Å²) in [6.07, 6.45) is 0. The molecule has 4 rings (SSSR count). The Morgan fingerprint density at radius 2 is 1.97 bits per heavy atom. The number of ether oxygens (including phenoxy) is 1. The Kier molecular flexibility index (Phi) is 5.44. The number of aromatic nitrogens is 1. The van der Waals surface area contributed by atoms with E-state index in [9.17, 15) is 14.7 Å². The van der Waals surface area contributed by atoms with Gasteiger partial charge in [-0.1, -0.05) is 18.2 Å². The number of aliphatic hydroxyl groups is 1. The van der Waals surface area contributed by atoms with E-state index in [-0.39, 0.29) is 11.4 Å². The molecule has 3 heterocycles. The van der Waals surface area contributed by atoms with Gasteiger partial charge in [0.2, 0.25) is 5.78 Å². The van der Waals surface area contributed by atoms with Crippen LogP contribution in [0.3, 0.4) is 0 Å². The van der Waals surface area contributed by atoms with Crippen LogP contribution in [-0.2, 0) is 4.79 Å². The van der Waals surface area contributed by atoms with Gasteiger partial charge >= 0.3 is 0 Å². The van der Waals surface area contributed by atoms with Crippen LogP contribution in [0.15, 0.2) is 53.1 Å². The average molecular weight is 441 g/mol. The summed E-state index contributed by atoms with van der Waals surface area (Å²) < 4.78 is 5.51. The first-order chi connectivity index (χ1) is 14.4. The van der Waals surface area contributed by atoms with Gasteiger partial charge in [0.25, 0.3) is 5.91 Å². The van der Waals surface area contributed by atoms with E-state index in [0.29, 0.717) is 27.9 Å². The van der Waals surface area contributed by atoms with Crippen LogP contribution in [-0.4, -0.2) is 28.4 Å². The van der Waals surface area contributed by atoms with Crippen molar-refractivity contribution in [3.63, 3.8) is 0 Å².